The SMILES string of the molecule is CC1=C(/C=C/C(C)=C/C=C/C(C)=C/C=C/C=C(C)/C=C/C=C(C)/C=C/C=C(C)/C=C/C(O[C@H]2O[C@@H](C)[C@H](O)[C@@H](O)[C@H]2O)C(C)(C)O)C(C)(C)CC(O)C1O. The van der Waals surface area contributed by atoms with Gasteiger partial charge in [-0.3, -0.25) is 0 Å². The molecule has 8 nitrogen and oxygen atoms in total. The van der Waals surface area contributed by atoms with E-state index in [-0.39, 0.29) is 5.41 Å². The van der Waals surface area contributed by atoms with E-state index >= 15 is 0 Å². The summed E-state index contributed by atoms with van der Waals surface area (Å²) in [5.74, 6) is 0. The van der Waals surface area contributed by atoms with Crippen LogP contribution in [0.15, 0.2) is 142 Å². The van der Waals surface area contributed by atoms with Crippen molar-refractivity contribution in [1.82, 2.24) is 0 Å². The highest BCUT2D eigenvalue weighted by Gasteiger charge is 2.44. The summed E-state index contributed by atoms with van der Waals surface area (Å²) in [7, 11) is 0. The number of hydrogen-bond donors (Lipinski definition) is 6. The molecule has 3 unspecified atom stereocenters. The Balaban J connectivity index is 1.91. The zero-order valence-corrected chi connectivity index (χ0v) is 34.1. The highest BCUT2D eigenvalue weighted by atomic mass is 16.7. The number of hydrogen-bond acceptors (Lipinski definition) is 8. The molecule has 1 aliphatic carbocycles. The fraction of sp³-hybridized carbons (Fsp3) is 0.478. The van der Waals surface area contributed by atoms with Gasteiger partial charge in [-0.1, -0.05) is 145 Å². The van der Waals surface area contributed by atoms with Crippen molar-refractivity contribution in [2.24, 2.45) is 5.41 Å². The van der Waals surface area contributed by atoms with Crippen molar-refractivity contribution >= 4 is 0 Å². The Morgan fingerprint density at radius 2 is 1.15 bits per heavy atom. The van der Waals surface area contributed by atoms with Gasteiger partial charge in [0.05, 0.1) is 17.8 Å². The van der Waals surface area contributed by atoms with Crippen LogP contribution in [0.4, 0.5) is 0 Å². The van der Waals surface area contributed by atoms with Gasteiger partial charge in [0, 0.05) is 0 Å². The first kappa shape index (κ1) is 46.7. The fourth-order valence-electron chi connectivity index (χ4n) is 6.00. The number of aliphatic hydroxyl groups excluding tert-OH is 5. The van der Waals surface area contributed by atoms with Gasteiger partial charge in [-0.2, -0.15) is 0 Å². The molecule has 0 amide bonds. The Hall–Kier alpha value is -3.44. The summed E-state index contributed by atoms with van der Waals surface area (Å²) in [6, 6.07) is 0. The molecule has 1 fully saturated rings. The highest BCUT2D eigenvalue weighted by Crippen LogP contribution is 2.41. The maximum Gasteiger partial charge on any atom is 0.187 e. The minimum absolute atomic E-state index is 0.198. The molecular formula is C46H66O8. The second kappa shape index (κ2) is 21.6. The van der Waals surface area contributed by atoms with Crippen molar-refractivity contribution in [3.63, 3.8) is 0 Å². The first-order valence-corrected chi connectivity index (χ1v) is 18.7. The summed E-state index contributed by atoms with van der Waals surface area (Å²) in [5, 5.41) is 61.5. The van der Waals surface area contributed by atoms with Gasteiger partial charge in [0.15, 0.2) is 6.29 Å². The minimum atomic E-state index is -1.46. The third kappa shape index (κ3) is 15.4. The van der Waals surface area contributed by atoms with Gasteiger partial charge in [0.1, 0.15) is 30.5 Å². The van der Waals surface area contributed by atoms with E-state index in [2.05, 4.69) is 51.2 Å². The van der Waals surface area contributed by atoms with Crippen LogP contribution in [0.25, 0.3) is 0 Å². The lowest BCUT2D eigenvalue weighted by Gasteiger charge is -2.41. The number of aliphatic hydroxyl groups is 6. The molecule has 2 aliphatic rings. The Bertz CT molecular complexity index is 1610. The van der Waals surface area contributed by atoms with Crippen molar-refractivity contribution in [3.8, 4) is 0 Å². The van der Waals surface area contributed by atoms with Crippen LogP contribution >= 0.6 is 0 Å². The number of ether oxygens (including phenoxy) is 2. The molecular weight excluding hydrogens is 680 g/mol. The van der Waals surface area contributed by atoms with Crippen molar-refractivity contribution in [1.29, 1.82) is 0 Å². The van der Waals surface area contributed by atoms with E-state index in [0.29, 0.717) is 6.42 Å². The Kier molecular flexibility index (Phi) is 18.7. The molecule has 0 saturated carbocycles. The van der Waals surface area contributed by atoms with E-state index in [1.807, 2.05) is 95.4 Å². The average Bonchev–Trinajstić information content (AvgIpc) is 3.07. The first-order chi connectivity index (χ1) is 25.1. The molecule has 8 atom stereocenters. The summed E-state index contributed by atoms with van der Waals surface area (Å²) in [6.07, 6.45) is 25.9. The Morgan fingerprint density at radius 1 is 0.704 bits per heavy atom. The van der Waals surface area contributed by atoms with E-state index in [1.54, 1.807) is 32.9 Å². The van der Waals surface area contributed by atoms with Gasteiger partial charge in [-0.15, -0.1) is 0 Å². The van der Waals surface area contributed by atoms with Crippen LogP contribution < -0.4 is 0 Å². The van der Waals surface area contributed by atoms with E-state index < -0.39 is 54.6 Å². The smallest absolute Gasteiger partial charge is 0.187 e. The topological polar surface area (TPSA) is 140 Å². The zero-order chi connectivity index (χ0) is 40.8. The molecule has 1 aliphatic heterocycles. The van der Waals surface area contributed by atoms with Crippen molar-refractivity contribution in [2.45, 2.75) is 137 Å². The van der Waals surface area contributed by atoms with Crippen LogP contribution in [0.1, 0.15) is 82.6 Å². The molecule has 0 spiro atoms. The normalized spacial score (nSPS) is 29.4. The molecule has 54 heavy (non-hydrogen) atoms. The minimum Gasteiger partial charge on any atom is -0.390 e. The second-order valence-corrected chi connectivity index (χ2v) is 15.8. The van der Waals surface area contributed by atoms with Gasteiger partial charge in [0.25, 0.3) is 0 Å². The van der Waals surface area contributed by atoms with Gasteiger partial charge in [-0.25, -0.2) is 0 Å². The zero-order valence-electron chi connectivity index (χ0n) is 34.1. The number of allylic oxidation sites excluding steroid dienone is 22. The van der Waals surface area contributed by atoms with Crippen molar-refractivity contribution in [2.75, 3.05) is 0 Å². The Morgan fingerprint density at radius 3 is 1.63 bits per heavy atom. The van der Waals surface area contributed by atoms with Crippen LogP contribution in [0.5, 0.6) is 0 Å². The van der Waals surface area contributed by atoms with Gasteiger partial charge in [0.2, 0.25) is 0 Å². The molecule has 298 valence electrons. The predicted octanol–water partition coefficient (Wildman–Crippen LogP) is 7.51. The van der Waals surface area contributed by atoms with Crippen molar-refractivity contribution in [3.05, 3.63) is 142 Å². The maximum atomic E-state index is 10.7. The van der Waals surface area contributed by atoms with Crippen LogP contribution in [0, 0.1) is 5.41 Å². The summed E-state index contributed by atoms with van der Waals surface area (Å²) in [5.41, 5.74) is 5.69. The van der Waals surface area contributed by atoms with E-state index in [4.69, 9.17) is 9.47 Å². The standard InChI is InChI=1S/C46H66O8/c1-30(17-12-13-18-31(2)20-15-23-33(4)25-27-37-35(6)40(48)38(47)29-45(37,8)9)19-14-21-32(3)22-16-24-34(5)26-28-39(46(10,11)52)54-44-43(51)42(50)41(49)36(7)53-44/h12-28,36,38-44,47-52H,29H2,1-11H3/b13-12+,19-14+,20-15+,22-16+,27-25+,28-26+,30-17+,31-18+,32-21+,33-23+,34-24+/t36-,38?,39?,40?,41-,42+,43+,44+/m0/s1. The molecule has 0 aromatic carbocycles. The molecule has 1 heterocycles. The summed E-state index contributed by atoms with van der Waals surface area (Å²) >= 11 is 0. The van der Waals surface area contributed by atoms with Crippen LogP contribution in [0.2, 0.25) is 0 Å². The average molecular weight is 747 g/mol. The van der Waals surface area contributed by atoms with Crippen LogP contribution in [-0.4, -0.2) is 85.3 Å². The van der Waals surface area contributed by atoms with Crippen LogP contribution in [-0.2, 0) is 9.47 Å². The lowest BCUT2D eigenvalue weighted by atomic mass is 9.70. The maximum absolute atomic E-state index is 10.7. The first-order valence-electron chi connectivity index (χ1n) is 18.7. The fourth-order valence-corrected chi connectivity index (χ4v) is 6.00. The van der Waals surface area contributed by atoms with Gasteiger partial charge in [-0.05, 0) is 85.3 Å². The monoisotopic (exact) mass is 746 g/mol. The van der Waals surface area contributed by atoms with E-state index in [9.17, 15) is 30.6 Å². The van der Waals surface area contributed by atoms with E-state index in [1.165, 1.54) is 0 Å². The molecule has 1 saturated heterocycles. The second-order valence-electron chi connectivity index (χ2n) is 15.8. The largest absolute Gasteiger partial charge is 0.390 e. The molecule has 0 aromatic heterocycles. The van der Waals surface area contributed by atoms with Crippen LogP contribution in [0.3, 0.4) is 0 Å². The third-order valence-electron chi connectivity index (χ3n) is 9.50. The summed E-state index contributed by atoms with van der Waals surface area (Å²) < 4.78 is 11.4. The molecule has 2 rings (SSSR count). The van der Waals surface area contributed by atoms with Gasteiger partial charge < -0.3 is 40.1 Å². The predicted molar refractivity (Wildman–Crippen MR) is 220 cm³/mol. The highest BCUT2D eigenvalue weighted by molar-refractivity contribution is 5.39. The third-order valence-corrected chi connectivity index (χ3v) is 9.50. The lowest BCUT2D eigenvalue weighted by Crippen LogP contribution is -2.58. The lowest BCUT2D eigenvalue weighted by molar-refractivity contribution is -0.309. The van der Waals surface area contributed by atoms with E-state index in [0.717, 1.165) is 39.0 Å². The summed E-state index contributed by atoms with van der Waals surface area (Å²) in [6.45, 7) is 20.9. The quantitative estimate of drug-likeness (QED) is 0.0948. The number of rotatable bonds is 15. The Labute approximate surface area is 324 Å². The molecule has 0 bridgehead atoms. The molecule has 6 N–H and O–H groups in total. The molecule has 8 heteroatoms. The molecule has 0 aromatic rings. The molecule has 0 radical (unpaired) electrons. The van der Waals surface area contributed by atoms with Gasteiger partial charge >= 0.3 is 0 Å². The van der Waals surface area contributed by atoms with Crippen molar-refractivity contribution < 1.29 is 40.1 Å². The summed E-state index contributed by atoms with van der Waals surface area (Å²) in [4.78, 5) is 0.